The summed E-state index contributed by atoms with van der Waals surface area (Å²) in [7, 11) is 0. The van der Waals surface area contributed by atoms with Crippen LogP contribution in [0.1, 0.15) is 25.5 Å². The standard InChI is InChI=1S/C18H29N3O3/c1-15(2)17-13-16(24-12-5-20-3-8-22-9-4-20)14-18(19-17)21-6-10-23-11-7-21/h13-15H,3-12H2,1-2H3. The van der Waals surface area contributed by atoms with Crippen molar-refractivity contribution < 1.29 is 14.2 Å². The average Bonchev–Trinajstić information content (AvgIpc) is 2.63. The maximum absolute atomic E-state index is 6.05. The van der Waals surface area contributed by atoms with Crippen LogP contribution in [0.2, 0.25) is 0 Å². The molecule has 134 valence electrons. The summed E-state index contributed by atoms with van der Waals surface area (Å²) in [5.41, 5.74) is 1.08. The lowest BCUT2D eigenvalue weighted by Crippen LogP contribution is -2.38. The summed E-state index contributed by atoms with van der Waals surface area (Å²) in [4.78, 5) is 9.49. The van der Waals surface area contributed by atoms with Crippen molar-refractivity contribution in [3.63, 3.8) is 0 Å². The number of aromatic nitrogens is 1. The maximum Gasteiger partial charge on any atom is 0.132 e. The first-order chi connectivity index (χ1) is 11.7. The molecule has 1 aromatic rings. The zero-order chi connectivity index (χ0) is 16.8. The lowest BCUT2D eigenvalue weighted by molar-refractivity contribution is 0.0322. The Balaban J connectivity index is 1.63. The zero-order valence-electron chi connectivity index (χ0n) is 14.9. The van der Waals surface area contributed by atoms with Crippen molar-refractivity contribution in [3.05, 3.63) is 17.8 Å². The van der Waals surface area contributed by atoms with Crippen molar-refractivity contribution in [2.24, 2.45) is 0 Å². The molecule has 0 saturated carbocycles. The SMILES string of the molecule is CC(C)c1cc(OCCN2CCOCC2)cc(N2CCOCC2)n1. The molecule has 3 rings (SSSR count). The smallest absolute Gasteiger partial charge is 0.132 e. The molecule has 2 aliphatic heterocycles. The summed E-state index contributed by atoms with van der Waals surface area (Å²) in [6.07, 6.45) is 0. The Morgan fingerprint density at radius 2 is 1.71 bits per heavy atom. The summed E-state index contributed by atoms with van der Waals surface area (Å²) in [5, 5.41) is 0. The highest BCUT2D eigenvalue weighted by atomic mass is 16.5. The van der Waals surface area contributed by atoms with Crippen molar-refractivity contribution in [1.29, 1.82) is 0 Å². The number of rotatable bonds is 6. The van der Waals surface area contributed by atoms with Crippen molar-refractivity contribution in [2.75, 3.05) is 70.7 Å². The molecule has 0 radical (unpaired) electrons. The van der Waals surface area contributed by atoms with Crippen LogP contribution in [-0.2, 0) is 9.47 Å². The van der Waals surface area contributed by atoms with Crippen molar-refractivity contribution >= 4 is 5.82 Å². The van der Waals surface area contributed by atoms with Crippen LogP contribution in [0.4, 0.5) is 5.82 Å². The highest BCUT2D eigenvalue weighted by Crippen LogP contribution is 2.25. The van der Waals surface area contributed by atoms with Gasteiger partial charge in [-0.3, -0.25) is 4.90 Å². The molecular formula is C18H29N3O3. The van der Waals surface area contributed by atoms with Crippen molar-refractivity contribution in [3.8, 4) is 5.75 Å². The highest BCUT2D eigenvalue weighted by Gasteiger charge is 2.16. The topological polar surface area (TPSA) is 47.1 Å². The molecule has 2 aliphatic rings. The first-order valence-electron chi connectivity index (χ1n) is 9.00. The van der Waals surface area contributed by atoms with Gasteiger partial charge in [0.1, 0.15) is 18.2 Å². The number of nitrogens with zero attached hydrogens (tertiary/aromatic N) is 3. The summed E-state index contributed by atoms with van der Waals surface area (Å²) in [6, 6.07) is 4.14. The quantitative estimate of drug-likeness (QED) is 0.789. The average molecular weight is 335 g/mol. The lowest BCUT2D eigenvalue weighted by Gasteiger charge is -2.29. The van der Waals surface area contributed by atoms with Crippen LogP contribution in [-0.4, -0.2) is 75.6 Å². The van der Waals surface area contributed by atoms with Gasteiger partial charge in [-0.15, -0.1) is 0 Å². The predicted molar refractivity (Wildman–Crippen MR) is 94.1 cm³/mol. The number of pyridine rings is 1. The number of anilines is 1. The number of morpholine rings is 2. The minimum atomic E-state index is 0.382. The van der Waals surface area contributed by atoms with Gasteiger partial charge < -0.3 is 19.1 Å². The molecule has 0 spiro atoms. The molecule has 24 heavy (non-hydrogen) atoms. The van der Waals surface area contributed by atoms with Gasteiger partial charge >= 0.3 is 0 Å². The van der Waals surface area contributed by atoms with Gasteiger partial charge in [0.25, 0.3) is 0 Å². The van der Waals surface area contributed by atoms with E-state index in [1.165, 1.54) is 0 Å². The van der Waals surface area contributed by atoms with Gasteiger partial charge in [0, 0.05) is 50.6 Å². The molecule has 0 bridgehead atoms. The monoisotopic (exact) mass is 335 g/mol. The van der Waals surface area contributed by atoms with Gasteiger partial charge in [0.05, 0.1) is 26.4 Å². The molecule has 1 aromatic heterocycles. The van der Waals surface area contributed by atoms with E-state index in [0.29, 0.717) is 12.5 Å². The summed E-state index contributed by atoms with van der Waals surface area (Å²) < 4.78 is 16.9. The first kappa shape index (κ1) is 17.5. The molecule has 3 heterocycles. The van der Waals surface area contributed by atoms with Crippen LogP contribution in [0.15, 0.2) is 12.1 Å². The number of hydrogen-bond donors (Lipinski definition) is 0. The summed E-state index contributed by atoms with van der Waals surface area (Å²) in [5.74, 6) is 2.31. The van der Waals surface area contributed by atoms with Crippen LogP contribution in [0, 0.1) is 0 Å². The Labute approximate surface area is 144 Å². The van der Waals surface area contributed by atoms with Crippen LogP contribution in [0.25, 0.3) is 0 Å². The largest absolute Gasteiger partial charge is 0.492 e. The fourth-order valence-corrected chi connectivity index (χ4v) is 2.96. The zero-order valence-corrected chi connectivity index (χ0v) is 14.9. The van der Waals surface area contributed by atoms with Crippen molar-refractivity contribution in [2.45, 2.75) is 19.8 Å². The summed E-state index contributed by atoms with van der Waals surface area (Å²) >= 11 is 0. The Morgan fingerprint density at radius 3 is 2.38 bits per heavy atom. The van der Waals surface area contributed by atoms with E-state index >= 15 is 0 Å². The Bertz CT molecular complexity index is 512. The van der Waals surface area contributed by atoms with Crippen LogP contribution < -0.4 is 9.64 Å². The molecule has 0 N–H and O–H groups in total. The highest BCUT2D eigenvalue weighted by molar-refractivity contribution is 5.46. The second-order valence-corrected chi connectivity index (χ2v) is 6.64. The molecule has 6 heteroatoms. The number of ether oxygens (including phenoxy) is 3. The second kappa shape index (κ2) is 8.65. The Morgan fingerprint density at radius 1 is 1.04 bits per heavy atom. The number of hydrogen-bond acceptors (Lipinski definition) is 6. The fourth-order valence-electron chi connectivity index (χ4n) is 2.96. The first-order valence-corrected chi connectivity index (χ1v) is 9.00. The molecule has 6 nitrogen and oxygen atoms in total. The van der Waals surface area contributed by atoms with E-state index in [0.717, 1.165) is 76.4 Å². The van der Waals surface area contributed by atoms with Gasteiger partial charge in [-0.25, -0.2) is 4.98 Å². The fraction of sp³-hybridized carbons (Fsp3) is 0.722. The van der Waals surface area contributed by atoms with Crippen LogP contribution >= 0.6 is 0 Å². The Hall–Kier alpha value is -1.37. The third-order valence-electron chi connectivity index (χ3n) is 4.51. The van der Waals surface area contributed by atoms with Gasteiger partial charge in [-0.05, 0) is 5.92 Å². The lowest BCUT2D eigenvalue weighted by atomic mass is 10.1. The van der Waals surface area contributed by atoms with Crippen LogP contribution in [0.5, 0.6) is 5.75 Å². The van der Waals surface area contributed by atoms with E-state index in [2.05, 4.69) is 35.8 Å². The predicted octanol–water partition coefficient (Wildman–Crippen LogP) is 1.75. The molecule has 0 aromatic carbocycles. The molecule has 0 amide bonds. The normalized spacial score (nSPS) is 19.7. The Kier molecular flexibility index (Phi) is 6.29. The van der Waals surface area contributed by atoms with Gasteiger partial charge in [0.15, 0.2) is 0 Å². The van der Waals surface area contributed by atoms with Crippen LogP contribution in [0.3, 0.4) is 0 Å². The third-order valence-corrected chi connectivity index (χ3v) is 4.51. The van der Waals surface area contributed by atoms with Gasteiger partial charge in [0.2, 0.25) is 0 Å². The van der Waals surface area contributed by atoms with E-state index in [1.54, 1.807) is 0 Å². The van der Waals surface area contributed by atoms with E-state index in [4.69, 9.17) is 19.2 Å². The molecule has 0 atom stereocenters. The van der Waals surface area contributed by atoms with E-state index in [-0.39, 0.29) is 0 Å². The van der Waals surface area contributed by atoms with Crippen molar-refractivity contribution in [1.82, 2.24) is 9.88 Å². The minimum absolute atomic E-state index is 0.382. The van der Waals surface area contributed by atoms with E-state index in [9.17, 15) is 0 Å². The minimum Gasteiger partial charge on any atom is -0.492 e. The van der Waals surface area contributed by atoms with E-state index in [1.807, 2.05) is 0 Å². The van der Waals surface area contributed by atoms with Gasteiger partial charge in [-0.2, -0.15) is 0 Å². The molecule has 0 aliphatic carbocycles. The maximum atomic E-state index is 6.05. The second-order valence-electron chi connectivity index (χ2n) is 6.64. The van der Waals surface area contributed by atoms with Gasteiger partial charge in [-0.1, -0.05) is 13.8 Å². The molecule has 0 unspecified atom stereocenters. The molecule has 2 fully saturated rings. The van der Waals surface area contributed by atoms with E-state index < -0.39 is 0 Å². The molecule has 2 saturated heterocycles. The third kappa shape index (κ3) is 4.82. The molecular weight excluding hydrogens is 306 g/mol. The summed E-state index contributed by atoms with van der Waals surface area (Å²) in [6.45, 7) is 12.9.